The Hall–Kier alpha value is -1.26. The molecule has 4 aliphatic carbocycles. The van der Waals surface area contributed by atoms with Gasteiger partial charge < -0.3 is 5.32 Å². The molecule has 6 rings (SSSR count). The van der Waals surface area contributed by atoms with Crippen molar-refractivity contribution < 1.29 is 4.79 Å². The van der Waals surface area contributed by atoms with E-state index in [0.29, 0.717) is 11.2 Å². The Balaban J connectivity index is 1.17. The molecule has 4 aliphatic rings. The Morgan fingerprint density at radius 1 is 0.966 bits per heavy atom. The summed E-state index contributed by atoms with van der Waals surface area (Å²) in [4.78, 5) is 12.4. The van der Waals surface area contributed by atoms with E-state index < -0.39 is 0 Å². The highest BCUT2D eigenvalue weighted by Crippen LogP contribution is 2.60. The van der Waals surface area contributed by atoms with Crippen LogP contribution in [0.25, 0.3) is 0 Å². The van der Waals surface area contributed by atoms with Gasteiger partial charge in [0.05, 0.1) is 5.75 Å². The number of rotatable bonds is 6. The molecule has 0 heterocycles. The molecule has 152 valence electrons. The summed E-state index contributed by atoms with van der Waals surface area (Å²) in [5, 5.41) is 3.07. The standard InChI is InChI=1S/C25H28BrNOS/c26-23-4-2-1-3-20(23)15-29-16-24(28)27-22-7-5-21(6-8-22)25-12-17-9-18(13-25)11-19(10-17)14-25/h1-8,17-19H,9-16H2,(H,27,28). The molecule has 0 spiro atoms. The SMILES string of the molecule is O=C(CSCc1ccccc1Br)Nc1ccc(C23CC4CC(CC(C4)C2)C3)cc1. The highest BCUT2D eigenvalue weighted by molar-refractivity contribution is 9.10. The van der Waals surface area contributed by atoms with Crippen molar-refractivity contribution in [3.63, 3.8) is 0 Å². The molecule has 4 saturated carbocycles. The Bertz CT molecular complexity index is 859. The fourth-order valence-corrected chi connectivity index (χ4v) is 7.88. The predicted octanol–water partition coefficient (Wildman–Crippen LogP) is 6.79. The highest BCUT2D eigenvalue weighted by Gasteiger charge is 2.51. The van der Waals surface area contributed by atoms with Crippen LogP contribution in [0.5, 0.6) is 0 Å². The molecule has 2 nitrogen and oxygen atoms in total. The third-order valence-corrected chi connectivity index (χ3v) is 9.02. The maximum Gasteiger partial charge on any atom is 0.234 e. The summed E-state index contributed by atoms with van der Waals surface area (Å²) in [5.41, 5.74) is 4.09. The van der Waals surface area contributed by atoms with Crippen molar-refractivity contribution in [3.05, 3.63) is 64.1 Å². The summed E-state index contributed by atoms with van der Waals surface area (Å²) in [6.07, 6.45) is 8.59. The zero-order valence-corrected chi connectivity index (χ0v) is 19.1. The molecule has 2 aromatic carbocycles. The monoisotopic (exact) mass is 469 g/mol. The van der Waals surface area contributed by atoms with Crippen molar-refractivity contribution in [3.8, 4) is 0 Å². The average Bonchev–Trinajstić information content (AvgIpc) is 2.69. The predicted molar refractivity (Wildman–Crippen MR) is 125 cm³/mol. The lowest BCUT2D eigenvalue weighted by atomic mass is 9.48. The minimum Gasteiger partial charge on any atom is -0.325 e. The van der Waals surface area contributed by atoms with Crippen LogP contribution in [0.3, 0.4) is 0 Å². The van der Waals surface area contributed by atoms with Crippen LogP contribution in [0.1, 0.15) is 49.7 Å². The zero-order chi connectivity index (χ0) is 19.8. The van der Waals surface area contributed by atoms with Crippen molar-refractivity contribution in [2.75, 3.05) is 11.1 Å². The molecule has 2 aromatic rings. The van der Waals surface area contributed by atoms with E-state index >= 15 is 0 Å². The second-order valence-corrected chi connectivity index (χ2v) is 11.2. The van der Waals surface area contributed by atoms with E-state index in [0.717, 1.165) is 33.7 Å². The van der Waals surface area contributed by atoms with Crippen molar-refractivity contribution in [1.82, 2.24) is 0 Å². The molecule has 0 aliphatic heterocycles. The molecule has 1 amide bonds. The van der Waals surface area contributed by atoms with E-state index in [4.69, 9.17) is 0 Å². The van der Waals surface area contributed by atoms with Gasteiger partial charge >= 0.3 is 0 Å². The van der Waals surface area contributed by atoms with Gasteiger partial charge in [-0.15, -0.1) is 11.8 Å². The van der Waals surface area contributed by atoms with Gasteiger partial charge in [0.1, 0.15) is 0 Å². The van der Waals surface area contributed by atoms with Gasteiger partial charge in [0.2, 0.25) is 5.91 Å². The van der Waals surface area contributed by atoms with Crippen LogP contribution in [-0.4, -0.2) is 11.7 Å². The largest absolute Gasteiger partial charge is 0.325 e. The fourth-order valence-electron chi connectivity index (χ4n) is 6.44. The van der Waals surface area contributed by atoms with Crippen LogP contribution >= 0.6 is 27.7 Å². The van der Waals surface area contributed by atoms with E-state index in [1.807, 2.05) is 18.2 Å². The lowest BCUT2D eigenvalue weighted by Gasteiger charge is -2.57. The summed E-state index contributed by atoms with van der Waals surface area (Å²) < 4.78 is 1.10. The Labute approximate surface area is 186 Å². The van der Waals surface area contributed by atoms with Crippen LogP contribution in [0, 0.1) is 17.8 Å². The molecule has 4 bridgehead atoms. The molecule has 0 aromatic heterocycles. The van der Waals surface area contributed by atoms with E-state index in [9.17, 15) is 4.79 Å². The Morgan fingerprint density at radius 2 is 1.59 bits per heavy atom. The van der Waals surface area contributed by atoms with Crippen molar-refractivity contribution in [2.45, 2.75) is 49.7 Å². The molecule has 1 N–H and O–H groups in total. The van der Waals surface area contributed by atoms with Crippen molar-refractivity contribution in [1.29, 1.82) is 0 Å². The third-order valence-electron chi connectivity index (χ3n) is 7.27. The zero-order valence-electron chi connectivity index (χ0n) is 16.7. The van der Waals surface area contributed by atoms with E-state index in [1.54, 1.807) is 11.8 Å². The van der Waals surface area contributed by atoms with Crippen LogP contribution in [0.15, 0.2) is 53.0 Å². The number of amides is 1. The quantitative estimate of drug-likeness (QED) is 0.504. The molecular weight excluding hydrogens is 442 g/mol. The summed E-state index contributed by atoms with van der Waals surface area (Å²) in [5.74, 6) is 4.26. The molecular formula is C25H28BrNOS. The number of carbonyl (C=O) groups excluding carboxylic acids is 1. The lowest BCUT2D eigenvalue weighted by molar-refractivity contribution is -0.113. The summed E-state index contributed by atoms with van der Waals surface area (Å²) in [7, 11) is 0. The fraction of sp³-hybridized carbons (Fsp3) is 0.480. The molecule has 29 heavy (non-hydrogen) atoms. The Kier molecular flexibility index (Phi) is 5.51. The molecule has 0 saturated heterocycles. The summed E-state index contributed by atoms with van der Waals surface area (Å²) in [6.45, 7) is 0. The van der Waals surface area contributed by atoms with Gasteiger partial charge in [-0.2, -0.15) is 0 Å². The van der Waals surface area contributed by atoms with Gasteiger partial charge in [0, 0.05) is 15.9 Å². The first-order valence-electron chi connectivity index (χ1n) is 10.8. The first-order valence-corrected chi connectivity index (χ1v) is 12.8. The second-order valence-electron chi connectivity index (χ2n) is 9.41. The maximum absolute atomic E-state index is 12.4. The van der Waals surface area contributed by atoms with E-state index in [-0.39, 0.29) is 5.91 Å². The minimum absolute atomic E-state index is 0.0737. The topological polar surface area (TPSA) is 29.1 Å². The van der Waals surface area contributed by atoms with Crippen LogP contribution in [-0.2, 0) is 16.0 Å². The van der Waals surface area contributed by atoms with Gasteiger partial charge in [-0.3, -0.25) is 4.79 Å². The van der Waals surface area contributed by atoms with Gasteiger partial charge in [-0.05, 0) is 91.0 Å². The summed E-state index contributed by atoms with van der Waals surface area (Å²) >= 11 is 5.21. The number of hydrogen-bond donors (Lipinski definition) is 1. The second kappa shape index (κ2) is 8.11. The van der Waals surface area contributed by atoms with Crippen LogP contribution < -0.4 is 5.32 Å². The van der Waals surface area contributed by atoms with Gasteiger partial charge in [-0.1, -0.05) is 46.3 Å². The van der Waals surface area contributed by atoms with Gasteiger partial charge in [-0.25, -0.2) is 0 Å². The van der Waals surface area contributed by atoms with Crippen LogP contribution in [0.2, 0.25) is 0 Å². The number of thioether (sulfide) groups is 1. The number of halogens is 1. The van der Waals surface area contributed by atoms with Gasteiger partial charge in [0.15, 0.2) is 0 Å². The van der Waals surface area contributed by atoms with E-state index in [2.05, 4.69) is 51.6 Å². The number of anilines is 1. The molecule has 4 fully saturated rings. The van der Waals surface area contributed by atoms with Crippen molar-refractivity contribution in [2.24, 2.45) is 17.8 Å². The number of benzene rings is 2. The number of nitrogens with one attached hydrogen (secondary N) is 1. The first-order chi connectivity index (χ1) is 14.1. The Morgan fingerprint density at radius 3 is 2.21 bits per heavy atom. The lowest BCUT2D eigenvalue weighted by Crippen LogP contribution is -2.48. The maximum atomic E-state index is 12.4. The smallest absolute Gasteiger partial charge is 0.234 e. The molecule has 0 radical (unpaired) electrons. The highest BCUT2D eigenvalue weighted by atomic mass is 79.9. The first kappa shape index (κ1) is 19.7. The third kappa shape index (κ3) is 4.16. The van der Waals surface area contributed by atoms with Crippen LogP contribution in [0.4, 0.5) is 5.69 Å². The molecule has 0 unspecified atom stereocenters. The van der Waals surface area contributed by atoms with Gasteiger partial charge in [0.25, 0.3) is 0 Å². The van der Waals surface area contributed by atoms with E-state index in [1.165, 1.54) is 49.7 Å². The average molecular weight is 470 g/mol. The van der Waals surface area contributed by atoms with Crippen molar-refractivity contribution >= 4 is 39.3 Å². The normalized spacial score (nSPS) is 29.8. The summed E-state index contributed by atoms with van der Waals surface area (Å²) in [6, 6.07) is 17.0. The minimum atomic E-state index is 0.0737. The number of carbonyl (C=O) groups is 1. The molecule has 0 atom stereocenters. The number of hydrogen-bond acceptors (Lipinski definition) is 2. The molecule has 4 heteroatoms.